The van der Waals surface area contributed by atoms with Crippen molar-refractivity contribution < 1.29 is 9.90 Å². The minimum absolute atomic E-state index is 0.399. The van der Waals surface area contributed by atoms with Crippen molar-refractivity contribution >= 4 is 33.2 Å². The molecule has 4 rings (SSSR count). The van der Waals surface area contributed by atoms with Gasteiger partial charge in [0.1, 0.15) is 6.33 Å². The number of rotatable bonds is 2. The lowest BCUT2D eigenvalue weighted by atomic mass is 10.0. The normalized spacial score (nSPS) is 14.8. The number of nitrogens with zero attached hydrogens (tertiary/aromatic N) is 5. The Morgan fingerprint density at radius 1 is 1.36 bits per heavy atom. The number of amides is 1. The zero-order valence-electron chi connectivity index (χ0n) is 13.9. The summed E-state index contributed by atoms with van der Waals surface area (Å²) in [6.45, 7) is 2.89. The van der Waals surface area contributed by atoms with E-state index in [1.54, 1.807) is 17.7 Å². The summed E-state index contributed by atoms with van der Waals surface area (Å²) in [6.07, 6.45) is 5.33. The number of aryl methyl sites for hydroxylation is 2. The molecule has 8 heteroatoms. The molecule has 1 N–H and O–H groups in total. The summed E-state index contributed by atoms with van der Waals surface area (Å²) in [5, 5.41) is 13.5. The minimum atomic E-state index is -0.881. The van der Waals surface area contributed by atoms with E-state index in [0.717, 1.165) is 37.6 Å². The maximum absolute atomic E-state index is 11.1. The topological polar surface area (TPSA) is 84.1 Å². The largest absolute Gasteiger partial charge is 0.465 e. The molecular weight excluding hydrogens is 338 g/mol. The van der Waals surface area contributed by atoms with Crippen LogP contribution in [0.4, 0.5) is 4.79 Å². The smallest absolute Gasteiger partial charge is 0.407 e. The Bertz CT molecular complexity index is 1000. The second kappa shape index (κ2) is 5.96. The van der Waals surface area contributed by atoms with Crippen LogP contribution in [0.1, 0.15) is 17.8 Å². The quantitative estimate of drug-likeness (QED) is 0.763. The Kier molecular flexibility index (Phi) is 3.76. The lowest BCUT2D eigenvalue weighted by Gasteiger charge is -2.23. The van der Waals surface area contributed by atoms with Gasteiger partial charge in [-0.15, -0.1) is 11.3 Å². The fourth-order valence-corrected chi connectivity index (χ4v) is 4.31. The standard InChI is InChI=1S/C17H17N5O2S/c1-10-12(8-21(2)20-10)14-7-13-16(25-14)15(19-9-18-13)11-3-5-22(6-4-11)17(23)24/h3,7-9H,4-6H2,1-2H3,(H,23,24). The number of fused-ring (bicyclic) bond motifs is 1. The van der Waals surface area contributed by atoms with Crippen molar-refractivity contribution in [1.82, 2.24) is 24.6 Å². The average Bonchev–Trinajstić information content (AvgIpc) is 3.17. The average molecular weight is 355 g/mol. The van der Waals surface area contributed by atoms with E-state index in [0.29, 0.717) is 19.5 Å². The molecule has 1 aliphatic rings. The molecule has 3 aromatic rings. The first-order valence-electron chi connectivity index (χ1n) is 7.95. The van der Waals surface area contributed by atoms with Gasteiger partial charge in [0.25, 0.3) is 0 Å². The number of carbonyl (C=O) groups is 1. The van der Waals surface area contributed by atoms with Crippen molar-refractivity contribution in [3.63, 3.8) is 0 Å². The third-order valence-electron chi connectivity index (χ3n) is 4.37. The zero-order valence-corrected chi connectivity index (χ0v) is 14.7. The van der Waals surface area contributed by atoms with E-state index in [1.807, 2.05) is 30.9 Å². The predicted molar refractivity (Wildman–Crippen MR) is 96.5 cm³/mol. The Hall–Kier alpha value is -2.74. The third-order valence-corrected chi connectivity index (χ3v) is 5.54. The van der Waals surface area contributed by atoms with Crippen molar-refractivity contribution in [2.45, 2.75) is 13.3 Å². The monoisotopic (exact) mass is 355 g/mol. The van der Waals surface area contributed by atoms with Gasteiger partial charge in [-0.3, -0.25) is 4.68 Å². The highest BCUT2D eigenvalue weighted by atomic mass is 32.1. The molecule has 25 heavy (non-hydrogen) atoms. The van der Waals surface area contributed by atoms with E-state index in [9.17, 15) is 4.79 Å². The van der Waals surface area contributed by atoms with Crippen LogP contribution in [-0.2, 0) is 7.05 Å². The summed E-state index contributed by atoms with van der Waals surface area (Å²) in [7, 11) is 1.91. The van der Waals surface area contributed by atoms with Gasteiger partial charge in [-0.1, -0.05) is 6.08 Å². The van der Waals surface area contributed by atoms with Gasteiger partial charge in [-0.25, -0.2) is 14.8 Å². The van der Waals surface area contributed by atoms with Gasteiger partial charge in [0.15, 0.2) is 0 Å². The van der Waals surface area contributed by atoms with Crippen molar-refractivity contribution in [3.8, 4) is 10.4 Å². The lowest BCUT2D eigenvalue weighted by Crippen LogP contribution is -2.33. The summed E-state index contributed by atoms with van der Waals surface area (Å²) in [4.78, 5) is 22.5. The molecule has 0 radical (unpaired) electrons. The number of aromatic nitrogens is 4. The van der Waals surface area contributed by atoms with Crippen LogP contribution < -0.4 is 0 Å². The van der Waals surface area contributed by atoms with E-state index in [1.165, 1.54) is 4.90 Å². The maximum Gasteiger partial charge on any atom is 0.407 e. The summed E-state index contributed by atoms with van der Waals surface area (Å²) in [5.41, 5.74) is 4.99. The molecule has 0 spiro atoms. The fourth-order valence-electron chi connectivity index (χ4n) is 3.12. The van der Waals surface area contributed by atoms with Crippen LogP contribution in [-0.4, -0.2) is 48.9 Å². The van der Waals surface area contributed by atoms with E-state index < -0.39 is 6.09 Å². The van der Waals surface area contributed by atoms with E-state index in [-0.39, 0.29) is 0 Å². The van der Waals surface area contributed by atoms with Crippen LogP contribution in [0.3, 0.4) is 0 Å². The van der Waals surface area contributed by atoms with Gasteiger partial charge in [0, 0.05) is 36.8 Å². The molecule has 0 bridgehead atoms. The second-order valence-corrected chi connectivity index (χ2v) is 7.11. The molecule has 1 amide bonds. The van der Waals surface area contributed by atoms with Crippen LogP contribution >= 0.6 is 11.3 Å². The van der Waals surface area contributed by atoms with Gasteiger partial charge in [0.2, 0.25) is 0 Å². The molecule has 0 atom stereocenters. The van der Waals surface area contributed by atoms with Crippen LogP contribution in [0.5, 0.6) is 0 Å². The highest BCUT2D eigenvalue weighted by Gasteiger charge is 2.20. The van der Waals surface area contributed by atoms with Gasteiger partial charge in [-0.05, 0) is 25.0 Å². The SMILES string of the molecule is Cc1nn(C)cc1-c1cc2ncnc(C3=CCN(C(=O)O)CC3)c2s1. The number of hydrogen-bond acceptors (Lipinski definition) is 5. The van der Waals surface area contributed by atoms with Crippen LogP contribution in [0.15, 0.2) is 24.7 Å². The van der Waals surface area contributed by atoms with E-state index in [4.69, 9.17) is 5.11 Å². The molecule has 0 unspecified atom stereocenters. The highest BCUT2D eigenvalue weighted by molar-refractivity contribution is 7.22. The maximum atomic E-state index is 11.1. The van der Waals surface area contributed by atoms with Gasteiger partial charge in [0.05, 0.1) is 21.6 Å². The summed E-state index contributed by atoms with van der Waals surface area (Å²) < 4.78 is 2.85. The molecule has 128 valence electrons. The first kappa shape index (κ1) is 15.8. The Labute approximate surface area is 148 Å². The van der Waals surface area contributed by atoms with E-state index >= 15 is 0 Å². The molecule has 3 aromatic heterocycles. The van der Waals surface area contributed by atoms with Crippen LogP contribution in [0.25, 0.3) is 26.2 Å². The molecule has 7 nitrogen and oxygen atoms in total. The van der Waals surface area contributed by atoms with Gasteiger partial charge >= 0.3 is 6.09 Å². The minimum Gasteiger partial charge on any atom is -0.465 e. The first-order chi connectivity index (χ1) is 12.0. The highest BCUT2D eigenvalue weighted by Crippen LogP contribution is 2.37. The summed E-state index contributed by atoms with van der Waals surface area (Å²) >= 11 is 1.66. The van der Waals surface area contributed by atoms with Crippen molar-refractivity contribution in [1.29, 1.82) is 0 Å². The predicted octanol–water partition coefficient (Wildman–Crippen LogP) is 3.17. The zero-order chi connectivity index (χ0) is 17.6. The van der Waals surface area contributed by atoms with Crippen molar-refractivity contribution in [3.05, 3.63) is 36.1 Å². The molecule has 0 fully saturated rings. The molecule has 4 heterocycles. The Morgan fingerprint density at radius 2 is 2.20 bits per heavy atom. The molecule has 0 aliphatic carbocycles. The van der Waals surface area contributed by atoms with Gasteiger partial charge < -0.3 is 10.0 Å². The van der Waals surface area contributed by atoms with E-state index in [2.05, 4.69) is 21.1 Å². The number of carboxylic acid groups (broad SMARTS) is 1. The lowest BCUT2D eigenvalue weighted by molar-refractivity contribution is 0.150. The fraction of sp³-hybridized carbons (Fsp3) is 0.294. The van der Waals surface area contributed by atoms with Crippen LogP contribution in [0, 0.1) is 6.92 Å². The van der Waals surface area contributed by atoms with Crippen LogP contribution in [0.2, 0.25) is 0 Å². The second-order valence-electron chi connectivity index (χ2n) is 6.06. The van der Waals surface area contributed by atoms with Crippen molar-refractivity contribution in [2.24, 2.45) is 7.05 Å². The molecule has 0 aromatic carbocycles. The first-order valence-corrected chi connectivity index (χ1v) is 8.77. The number of thiophene rings is 1. The van der Waals surface area contributed by atoms with Crippen molar-refractivity contribution in [2.75, 3.05) is 13.1 Å². The molecular formula is C17H17N5O2S. The Balaban J connectivity index is 1.76. The summed E-state index contributed by atoms with van der Waals surface area (Å²) in [5.74, 6) is 0. The summed E-state index contributed by atoms with van der Waals surface area (Å²) in [6, 6.07) is 2.07. The Morgan fingerprint density at radius 3 is 2.84 bits per heavy atom. The molecule has 0 saturated heterocycles. The molecule has 1 aliphatic heterocycles. The van der Waals surface area contributed by atoms with Gasteiger partial charge in [-0.2, -0.15) is 5.10 Å². The number of hydrogen-bond donors (Lipinski definition) is 1. The third kappa shape index (κ3) is 2.78. The molecule has 0 saturated carbocycles.